The van der Waals surface area contributed by atoms with Gasteiger partial charge in [0.2, 0.25) is 0 Å². The Morgan fingerprint density at radius 1 is 1.50 bits per heavy atom. The van der Waals surface area contributed by atoms with Gasteiger partial charge in [-0.1, -0.05) is 0 Å². The van der Waals surface area contributed by atoms with Crippen LogP contribution in [0.1, 0.15) is 15.9 Å². The molecule has 0 aromatic carbocycles. The number of carboxylic acids is 1. The van der Waals surface area contributed by atoms with Gasteiger partial charge >= 0.3 is 5.97 Å². The number of carboxylic acid groups (broad SMARTS) is 1. The normalized spacial score (nSPS) is 17.2. The van der Waals surface area contributed by atoms with E-state index in [1.54, 1.807) is 6.20 Å². The molecule has 0 bridgehead atoms. The van der Waals surface area contributed by atoms with Crippen LogP contribution in [0.2, 0.25) is 0 Å². The molecule has 0 saturated carbocycles. The second kappa shape index (κ2) is 5.05. The van der Waals surface area contributed by atoms with Crippen molar-refractivity contribution in [1.29, 1.82) is 0 Å². The number of pyridine rings is 1. The number of hydrogen-bond donors (Lipinski definition) is 1. The summed E-state index contributed by atoms with van der Waals surface area (Å²) in [6, 6.07) is 1.54. The van der Waals surface area contributed by atoms with Gasteiger partial charge in [-0.3, -0.25) is 9.88 Å². The van der Waals surface area contributed by atoms with E-state index in [4.69, 9.17) is 9.84 Å². The predicted octanol–water partition coefficient (Wildman–Crippen LogP) is 0.612. The summed E-state index contributed by atoms with van der Waals surface area (Å²) in [4.78, 5) is 17.1. The van der Waals surface area contributed by atoms with Crippen LogP contribution in [0.5, 0.6) is 0 Å². The van der Waals surface area contributed by atoms with Gasteiger partial charge in [0.05, 0.1) is 18.8 Å². The minimum atomic E-state index is -0.898. The second-order valence-electron chi connectivity index (χ2n) is 3.73. The van der Waals surface area contributed by atoms with Gasteiger partial charge in [-0.15, -0.1) is 0 Å². The monoisotopic (exact) mass is 222 g/mol. The number of aromatic carboxylic acids is 1. The molecule has 1 fully saturated rings. The summed E-state index contributed by atoms with van der Waals surface area (Å²) >= 11 is 0. The molecule has 1 aliphatic heterocycles. The molecule has 0 radical (unpaired) electrons. The van der Waals surface area contributed by atoms with Crippen LogP contribution >= 0.6 is 0 Å². The summed E-state index contributed by atoms with van der Waals surface area (Å²) in [5, 5.41) is 9.02. The van der Waals surface area contributed by atoms with E-state index in [1.807, 2.05) is 0 Å². The van der Waals surface area contributed by atoms with Gasteiger partial charge in [-0.25, -0.2) is 4.79 Å². The molecule has 16 heavy (non-hydrogen) atoms. The topological polar surface area (TPSA) is 62.7 Å². The summed E-state index contributed by atoms with van der Waals surface area (Å²) < 4.78 is 5.24. The third-order valence-electron chi connectivity index (χ3n) is 2.63. The maximum atomic E-state index is 11.0. The zero-order valence-electron chi connectivity index (χ0n) is 8.93. The van der Waals surface area contributed by atoms with Gasteiger partial charge in [-0.05, 0) is 11.6 Å². The highest BCUT2D eigenvalue weighted by atomic mass is 16.5. The van der Waals surface area contributed by atoms with E-state index in [-0.39, 0.29) is 0 Å². The Labute approximate surface area is 93.7 Å². The maximum absolute atomic E-state index is 11.0. The third kappa shape index (κ3) is 2.56. The van der Waals surface area contributed by atoms with Crippen LogP contribution in [0, 0.1) is 0 Å². The van der Waals surface area contributed by atoms with Crippen molar-refractivity contribution in [2.75, 3.05) is 26.3 Å². The van der Waals surface area contributed by atoms with E-state index in [0.717, 1.165) is 18.7 Å². The van der Waals surface area contributed by atoms with Gasteiger partial charge in [0.1, 0.15) is 0 Å². The van der Waals surface area contributed by atoms with E-state index in [9.17, 15) is 4.79 Å². The van der Waals surface area contributed by atoms with Crippen molar-refractivity contribution in [1.82, 2.24) is 9.88 Å². The first kappa shape index (κ1) is 11.0. The van der Waals surface area contributed by atoms with Crippen molar-refractivity contribution < 1.29 is 14.6 Å². The van der Waals surface area contributed by atoms with Crippen LogP contribution in [0.25, 0.3) is 0 Å². The molecule has 0 unspecified atom stereocenters. The Morgan fingerprint density at radius 2 is 2.25 bits per heavy atom. The van der Waals surface area contributed by atoms with E-state index >= 15 is 0 Å². The van der Waals surface area contributed by atoms with Crippen molar-refractivity contribution in [3.63, 3.8) is 0 Å². The number of hydrogen-bond acceptors (Lipinski definition) is 4. The number of aromatic nitrogens is 1. The average Bonchev–Trinajstić information content (AvgIpc) is 2.31. The molecule has 0 aliphatic carbocycles. The standard InChI is InChI=1S/C11H14N2O3/c14-11(15)10-1-2-12-7-9(10)8-13-3-5-16-6-4-13/h1-2,7H,3-6,8H2,(H,14,15). The molecule has 0 atom stereocenters. The molecule has 1 N–H and O–H groups in total. The molecule has 1 aromatic rings. The number of rotatable bonds is 3. The van der Waals surface area contributed by atoms with Crippen molar-refractivity contribution in [3.8, 4) is 0 Å². The Hall–Kier alpha value is -1.46. The largest absolute Gasteiger partial charge is 0.478 e. The predicted molar refractivity (Wildman–Crippen MR) is 57.3 cm³/mol. The Bertz CT molecular complexity index is 375. The van der Waals surface area contributed by atoms with E-state index in [0.29, 0.717) is 25.3 Å². The van der Waals surface area contributed by atoms with Crippen molar-refractivity contribution >= 4 is 5.97 Å². The summed E-state index contributed by atoms with van der Waals surface area (Å²) in [5.74, 6) is -0.898. The van der Waals surface area contributed by atoms with E-state index in [1.165, 1.54) is 12.3 Å². The number of morpholine rings is 1. The molecule has 5 heteroatoms. The quantitative estimate of drug-likeness (QED) is 0.812. The first-order chi connectivity index (χ1) is 7.77. The lowest BCUT2D eigenvalue weighted by molar-refractivity contribution is 0.0339. The molecule has 0 spiro atoms. The lowest BCUT2D eigenvalue weighted by Crippen LogP contribution is -2.36. The highest BCUT2D eigenvalue weighted by Gasteiger charge is 2.15. The zero-order valence-corrected chi connectivity index (χ0v) is 8.93. The summed E-state index contributed by atoms with van der Waals surface area (Å²) in [6.45, 7) is 3.73. The Kier molecular flexibility index (Phi) is 3.48. The Balaban J connectivity index is 2.10. The zero-order chi connectivity index (χ0) is 11.4. The van der Waals surface area contributed by atoms with E-state index < -0.39 is 5.97 Å². The molecule has 1 saturated heterocycles. The first-order valence-electron chi connectivity index (χ1n) is 5.23. The van der Waals surface area contributed by atoms with Crippen LogP contribution in [-0.2, 0) is 11.3 Å². The first-order valence-corrected chi connectivity index (χ1v) is 5.23. The second-order valence-corrected chi connectivity index (χ2v) is 3.73. The number of carbonyl (C=O) groups is 1. The minimum absolute atomic E-state index is 0.335. The van der Waals surface area contributed by atoms with Crippen molar-refractivity contribution in [2.45, 2.75) is 6.54 Å². The highest BCUT2D eigenvalue weighted by Crippen LogP contribution is 2.11. The van der Waals surface area contributed by atoms with Gasteiger partial charge in [0.25, 0.3) is 0 Å². The molecule has 2 rings (SSSR count). The van der Waals surface area contributed by atoms with Crippen LogP contribution in [-0.4, -0.2) is 47.3 Å². The average molecular weight is 222 g/mol. The number of ether oxygens (including phenoxy) is 1. The van der Waals surface area contributed by atoms with Crippen LogP contribution < -0.4 is 0 Å². The number of nitrogens with zero attached hydrogens (tertiary/aromatic N) is 2. The molecule has 0 amide bonds. The Morgan fingerprint density at radius 3 is 2.94 bits per heavy atom. The minimum Gasteiger partial charge on any atom is -0.478 e. The van der Waals surface area contributed by atoms with E-state index in [2.05, 4.69) is 9.88 Å². The molecule has 2 heterocycles. The van der Waals surface area contributed by atoms with Gasteiger partial charge in [0.15, 0.2) is 0 Å². The van der Waals surface area contributed by atoms with Crippen LogP contribution in [0.3, 0.4) is 0 Å². The van der Waals surface area contributed by atoms with Crippen LogP contribution in [0.15, 0.2) is 18.5 Å². The van der Waals surface area contributed by atoms with Crippen LogP contribution in [0.4, 0.5) is 0 Å². The summed E-state index contributed by atoms with van der Waals surface area (Å²) in [5.41, 5.74) is 1.10. The highest BCUT2D eigenvalue weighted by molar-refractivity contribution is 5.89. The smallest absolute Gasteiger partial charge is 0.336 e. The van der Waals surface area contributed by atoms with Gasteiger partial charge in [-0.2, -0.15) is 0 Å². The fourth-order valence-corrected chi connectivity index (χ4v) is 1.76. The molecule has 1 aromatic heterocycles. The summed E-state index contributed by atoms with van der Waals surface area (Å²) in [6.07, 6.45) is 3.13. The van der Waals surface area contributed by atoms with Gasteiger partial charge < -0.3 is 9.84 Å². The summed E-state index contributed by atoms with van der Waals surface area (Å²) in [7, 11) is 0. The lowest BCUT2D eigenvalue weighted by Gasteiger charge is -2.26. The molecule has 86 valence electrons. The third-order valence-corrected chi connectivity index (χ3v) is 2.63. The fourth-order valence-electron chi connectivity index (χ4n) is 1.76. The fraction of sp³-hybridized carbons (Fsp3) is 0.455. The molecule has 1 aliphatic rings. The van der Waals surface area contributed by atoms with Crippen molar-refractivity contribution in [3.05, 3.63) is 29.6 Å². The lowest BCUT2D eigenvalue weighted by atomic mass is 10.1. The van der Waals surface area contributed by atoms with Gasteiger partial charge in [0, 0.05) is 32.0 Å². The maximum Gasteiger partial charge on any atom is 0.336 e. The molecule has 5 nitrogen and oxygen atoms in total. The molecular formula is C11H14N2O3. The molecular weight excluding hydrogens is 208 g/mol. The van der Waals surface area contributed by atoms with Crippen molar-refractivity contribution in [2.24, 2.45) is 0 Å². The SMILES string of the molecule is O=C(O)c1ccncc1CN1CCOCC1.